The maximum Gasteiger partial charge on any atom is 0.277 e. The monoisotopic (exact) mass is 367 g/mol. The zero-order valence-corrected chi connectivity index (χ0v) is 14.3. The van der Waals surface area contributed by atoms with E-state index in [2.05, 4.69) is 20.6 Å². The molecule has 0 aliphatic carbocycles. The van der Waals surface area contributed by atoms with E-state index in [1.54, 1.807) is 40.4 Å². The maximum atomic E-state index is 13.2. The summed E-state index contributed by atoms with van der Waals surface area (Å²) in [6.45, 7) is 0.415. The van der Waals surface area contributed by atoms with Gasteiger partial charge in [-0.1, -0.05) is 18.2 Å². The van der Waals surface area contributed by atoms with E-state index in [9.17, 15) is 9.18 Å². The van der Waals surface area contributed by atoms with Gasteiger partial charge >= 0.3 is 0 Å². The molecular weight excluding hydrogens is 353 g/mol. The number of aromatic nitrogens is 4. The van der Waals surface area contributed by atoms with Crippen LogP contribution in [0.1, 0.15) is 16.1 Å². The Morgan fingerprint density at radius 1 is 1.23 bits per heavy atom. The van der Waals surface area contributed by atoms with E-state index in [1.165, 1.54) is 12.1 Å². The molecule has 2 N–H and O–H groups in total. The Labute approximate surface area is 152 Å². The maximum absolute atomic E-state index is 13.2. The molecule has 0 aliphatic heterocycles. The van der Waals surface area contributed by atoms with Gasteiger partial charge in [0.2, 0.25) is 0 Å². The van der Waals surface area contributed by atoms with Gasteiger partial charge in [-0.15, -0.1) is 11.3 Å². The van der Waals surface area contributed by atoms with Crippen LogP contribution in [0.4, 0.5) is 10.2 Å². The fourth-order valence-corrected chi connectivity index (χ4v) is 3.21. The van der Waals surface area contributed by atoms with Crippen molar-refractivity contribution in [1.82, 2.24) is 20.0 Å². The molecule has 0 saturated carbocycles. The highest BCUT2D eigenvalue weighted by Crippen LogP contribution is 2.23. The lowest BCUT2D eigenvalue weighted by Crippen LogP contribution is -2.13. The average Bonchev–Trinajstić information content (AvgIpc) is 3.36. The normalized spacial score (nSPS) is 10.8. The minimum Gasteiger partial charge on any atom is -0.304 e. The number of hydrogen-bond acceptors (Lipinski definition) is 4. The standard InChI is InChI=1S/C18H14FN5OS/c19-13-4-1-3-12(9-13)11-24-7-6-17(23-24)20-18(25)15-10-14(21-22-15)16-5-2-8-26-16/h1-10H,11H2,(H,21,22)(H,20,23,25). The molecule has 0 bridgehead atoms. The van der Waals surface area contributed by atoms with Crippen LogP contribution in [-0.2, 0) is 6.54 Å². The van der Waals surface area contributed by atoms with Gasteiger partial charge in [-0.3, -0.25) is 14.6 Å². The third-order valence-corrected chi connectivity index (χ3v) is 4.62. The number of nitrogens with zero attached hydrogens (tertiary/aromatic N) is 3. The van der Waals surface area contributed by atoms with Crippen molar-refractivity contribution in [2.45, 2.75) is 6.54 Å². The summed E-state index contributed by atoms with van der Waals surface area (Å²) in [5, 5.41) is 15.9. The van der Waals surface area contributed by atoms with Gasteiger partial charge in [0.25, 0.3) is 5.91 Å². The first-order valence-electron chi connectivity index (χ1n) is 7.86. The first-order chi connectivity index (χ1) is 12.7. The van der Waals surface area contributed by atoms with Crippen molar-refractivity contribution in [2.75, 3.05) is 5.32 Å². The van der Waals surface area contributed by atoms with Crippen LogP contribution >= 0.6 is 11.3 Å². The molecule has 26 heavy (non-hydrogen) atoms. The van der Waals surface area contributed by atoms with Crippen LogP contribution in [0.5, 0.6) is 0 Å². The lowest BCUT2D eigenvalue weighted by molar-refractivity contribution is 0.102. The Balaban J connectivity index is 1.43. The lowest BCUT2D eigenvalue weighted by atomic mass is 10.2. The van der Waals surface area contributed by atoms with Crippen molar-refractivity contribution < 1.29 is 9.18 Å². The van der Waals surface area contributed by atoms with E-state index in [0.29, 0.717) is 12.4 Å². The highest BCUT2D eigenvalue weighted by atomic mass is 32.1. The second kappa shape index (κ2) is 6.93. The number of benzene rings is 1. The number of carbonyl (C=O) groups is 1. The number of thiophene rings is 1. The van der Waals surface area contributed by atoms with Crippen molar-refractivity contribution in [3.05, 3.63) is 77.2 Å². The summed E-state index contributed by atoms with van der Waals surface area (Å²) in [4.78, 5) is 13.3. The van der Waals surface area contributed by atoms with Crippen molar-refractivity contribution in [1.29, 1.82) is 0 Å². The van der Waals surface area contributed by atoms with E-state index in [-0.39, 0.29) is 17.4 Å². The Hall–Kier alpha value is -3.26. The lowest BCUT2D eigenvalue weighted by Gasteiger charge is -2.02. The summed E-state index contributed by atoms with van der Waals surface area (Å²) in [5.41, 5.74) is 1.87. The quantitative estimate of drug-likeness (QED) is 0.564. The number of hydrogen-bond donors (Lipinski definition) is 2. The van der Waals surface area contributed by atoms with Crippen LogP contribution in [0.3, 0.4) is 0 Å². The fourth-order valence-electron chi connectivity index (χ4n) is 2.52. The molecular formula is C18H14FN5OS. The largest absolute Gasteiger partial charge is 0.304 e. The molecule has 1 aromatic carbocycles. The van der Waals surface area contributed by atoms with Crippen LogP contribution in [-0.4, -0.2) is 25.9 Å². The molecule has 0 atom stereocenters. The molecule has 130 valence electrons. The predicted octanol–water partition coefficient (Wildman–Crippen LogP) is 3.77. The van der Waals surface area contributed by atoms with Crippen LogP contribution < -0.4 is 5.32 Å². The SMILES string of the molecule is O=C(Nc1ccn(Cc2cccc(F)c2)n1)c1cc(-c2cccs2)[nH]n1. The van der Waals surface area contributed by atoms with E-state index in [1.807, 2.05) is 23.6 Å². The van der Waals surface area contributed by atoms with Gasteiger partial charge in [-0.05, 0) is 35.2 Å². The Kier molecular flexibility index (Phi) is 4.32. The molecule has 3 heterocycles. The molecule has 4 rings (SSSR count). The molecule has 0 radical (unpaired) electrons. The third-order valence-electron chi connectivity index (χ3n) is 3.71. The van der Waals surface area contributed by atoms with Gasteiger partial charge in [0.15, 0.2) is 11.5 Å². The number of amides is 1. The van der Waals surface area contributed by atoms with Crippen LogP contribution in [0.15, 0.2) is 60.1 Å². The summed E-state index contributed by atoms with van der Waals surface area (Å²) in [5.74, 6) is -0.226. The zero-order chi connectivity index (χ0) is 17.9. The number of halogens is 1. The van der Waals surface area contributed by atoms with Gasteiger partial charge < -0.3 is 5.32 Å². The van der Waals surface area contributed by atoms with Gasteiger partial charge in [-0.25, -0.2) is 4.39 Å². The molecule has 0 saturated heterocycles. The topological polar surface area (TPSA) is 75.6 Å². The smallest absolute Gasteiger partial charge is 0.277 e. The van der Waals surface area contributed by atoms with E-state index >= 15 is 0 Å². The van der Waals surface area contributed by atoms with E-state index < -0.39 is 0 Å². The summed E-state index contributed by atoms with van der Waals surface area (Å²) in [6.07, 6.45) is 1.72. The van der Waals surface area contributed by atoms with E-state index in [0.717, 1.165) is 16.1 Å². The molecule has 1 amide bonds. The average molecular weight is 367 g/mol. The highest BCUT2D eigenvalue weighted by molar-refractivity contribution is 7.13. The van der Waals surface area contributed by atoms with Crippen LogP contribution in [0, 0.1) is 5.82 Å². The fraction of sp³-hybridized carbons (Fsp3) is 0.0556. The number of nitrogens with one attached hydrogen (secondary N) is 2. The Morgan fingerprint density at radius 2 is 2.15 bits per heavy atom. The summed E-state index contributed by atoms with van der Waals surface area (Å²) in [7, 11) is 0. The number of aromatic amines is 1. The van der Waals surface area contributed by atoms with Gasteiger partial charge in [0.1, 0.15) is 5.82 Å². The molecule has 0 fully saturated rings. The molecule has 8 heteroatoms. The van der Waals surface area contributed by atoms with Crippen molar-refractivity contribution in [2.24, 2.45) is 0 Å². The number of H-pyrrole nitrogens is 1. The number of carbonyl (C=O) groups excluding carboxylic acids is 1. The van der Waals surface area contributed by atoms with Crippen molar-refractivity contribution in [3.63, 3.8) is 0 Å². The molecule has 3 aromatic heterocycles. The predicted molar refractivity (Wildman–Crippen MR) is 97.6 cm³/mol. The minimum atomic E-state index is -0.347. The molecule has 0 aliphatic rings. The molecule has 0 spiro atoms. The second-order valence-corrected chi connectivity index (χ2v) is 6.57. The summed E-state index contributed by atoms with van der Waals surface area (Å²) < 4.78 is 14.9. The Morgan fingerprint density at radius 3 is 2.96 bits per heavy atom. The number of anilines is 1. The highest BCUT2D eigenvalue weighted by Gasteiger charge is 2.13. The number of rotatable bonds is 5. The van der Waals surface area contributed by atoms with E-state index in [4.69, 9.17) is 0 Å². The second-order valence-electron chi connectivity index (χ2n) is 5.63. The first-order valence-corrected chi connectivity index (χ1v) is 8.74. The molecule has 6 nitrogen and oxygen atoms in total. The van der Waals surface area contributed by atoms with Gasteiger partial charge in [0, 0.05) is 12.3 Å². The first kappa shape index (κ1) is 16.2. The summed E-state index contributed by atoms with van der Waals surface area (Å²) in [6, 6.07) is 13.6. The molecule has 0 unspecified atom stereocenters. The third kappa shape index (κ3) is 3.55. The van der Waals surface area contributed by atoms with Crippen molar-refractivity contribution >= 4 is 23.1 Å². The van der Waals surface area contributed by atoms with Gasteiger partial charge in [0.05, 0.1) is 17.1 Å². The zero-order valence-electron chi connectivity index (χ0n) is 13.5. The minimum absolute atomic E-state index is 0.285. The Bertz CT molecular complexity index is 1040. The van der Waals surface area contributed by atoms with Crippen molar-refractivity contribution in [3.8, 4) is 10.6 Å². The summed E-state index contributed by atoms with van der Waals surface area (Å²) >= 11 is 1.56. The molecule has 4 aromatic rings. The van der Waals surface area contributed by atoms with Gasteiger partial charge in [-0.2, -0.15) is 10.2 Å². The van der Waals surface area contributed by atoms with Crippen LogP contribution in [0.2, 0.25) is 0 Å². The van der Waals surface area contributed by atoms with Crippen LogP contribution in [0.25, 0.3) is 10.6 Å².